The Morgan fingerprint density at radius 3 is 1.68 bits per heavy atom. The van der Waals surface area contributed by atoms with Gasteiger partial charge in [-0.2, -0.15) is 0 Å². The average molecular weight is 486 g/mol. The van der Waals surface area contributed by atoms with Crippen LogP contribution in [0.4, 0.5) is 0 Å². The van der Waals surface area contributed by atoms with Gasteiger partial charge < -0.3 is 4.57 Å². The fourth-order valence-electron chi connectivity index (χ4n) is 5.56. The third-order valence-electron chi connectivity index (χ3n) is 7.45. The van der Waals surface area contributed by atoms with E-state index in [9.17, 15) is 0 Å². The quantitative estimate of drug-likeness (QED) is 0.234. The molecule has 0 unspecified atom stereocenters. The predicted octanol–water partition coefficient (Wildman–Crippen LogP) is 10.1. The minimum Gasteiger partial charge on any atom is -0.309 e. The molecule has 0 aliphatic heterocycles. The predicted molar refractivity (Wildman–Crippen MR) is 162 cm³/mol. The third kappa shape index (κ3) is 3.90. The largest absolute Gasteiger partial charge is 0.309 e. The van der Waals surface area contributed by atoms with Gasteiger partial charge in [0.05, 0.1) is 11.0 Å². The molecule has 1 aromatic heterocycles. The lowest BCUT2D eigenvalue weighted by molar-refractivity contribution is 1.18. The highest BCUT2D eigenvalue weighted by Crippen LogP contribution is 2.36. The molecule has 180 valence electrons. The number of aryl methyl sites for hydroxylation is 1. The monoisotopic (exact) mass is 485 g/mol. The van der Waals surface area contributed by atoms with Crippen molar-refractivity contribution in [3.05, 3.63) is 151 Å². The zero-order valence-corrected chi connectivity index (χ0v) is 21.3. The fourth-order valence-corrected chi connectivity index (χ4v) is 5.56. The van der Waals surface area contributed by atoms with Crippen LogP contribution in [0.3, 0.4) is 0 Å². The van der Waals surface area contributed by atoms with Gasteiger partial charge in [-0.25, -0.2) is 0 Å². The number of nitrogens with zero attached hydrogens (tertiary/aromatic N) is 1. The van der Waals surface area contributed by atoms with E-state index in [2.05, 4.69) is 157 Å². The Kier molecular flexibility index (Phi) is 5.41. The molecule has 0 aliphatic rings. The van der Waals surface area contributed by atoms with Gasteiger partial charge in [-0.3, -0.25) is 0 Å². The first kappa shape index (κ1) is 22.3. The topological polar surface area (TPSA) is 4.93 Å². The Morgan fingerprint density at radius 2 is 0.921 bits per heavy atom. The lowest BCUT2D eigenvalue weighted by Crippen LogP contribution is -1.94. The number of benzene rings is 6. The van der Waals surface area contributed by atoms with Gasteiger partial charge in [-0.15, -0.1) is 0 Å². The minimum atomic E-state index is 1.17. The van der Waals surface area contributed by atoms with Crippen LogP contribution in [-0.2, 0) is 0 Å². The van der Waals surface area contributed by atoms with E-state index in [-0.39, 0.29) is 0 Å². The Hall–Kier alpha value is -4.88. The summed E-state index contributed by atoms with van der Waals surface area (Å²) < 4.78 is 2.40. The van der Waals surface area contributed by atoms with Crippen molar-refractivity contribution in [2.45, 2.75) is 6.92 Å². The molecule has 0 radical (unpaired) electrons. The number of hydrogen-bond acceptors (Lipinski definition) is 0. The number of fused-ring (bicyclic) bond motifs is 3. The van der Waals surface area contributed by atoms with Crippen LogP contribution in [0.15, 0.2) is 146 Å². The SMILES string of the molecule is Cc1cccc(-c2cccc(-c3ccc4c5ccccc5n(-c5ccc(-c6ccccc6)cc5)c4c3)c2)c1. The normalized spacial score (nSPS) is 11.3. The van der Waals surface area contributed by atoms with Crippen LogP contribution >= 0.6 is 0 Å². The second-order valence-corrected chi connectivity index (χ2v) is 9.95. The molecule has 0 saturated heterocycles. The molecule has 1 nitrogen and oxygen atoms in total. The lowest BCUT2D eigenvalue weighted by atomic mass is 9.97. The molecule has 1 heteroatoms. The summed E-state index contributed by atoms with van der Waals surface area (Å²) in [6, 6.07) is 52.6. The van der Waals surface area contributed by atoms with Gasteiger partial charge in [0, 0.05) is 16.5 Å². The van der Waals surface area contributed by atoms with Crippen molar-refractivity contribution >= 4 is 21.8 Å². The Labute approximate surface area is 223 Å². The van der Waals surface area contributed by atoms with Crippen LogP contribution in [0.5, 0.6) is 0 Å². The molecule has 0 saturated carbocycles. The molecule has 0 atom stereocenters. The Morgan fingerprint density at radius 1 is 0.368 bits per heavy atom. The minimum absolute atomic E-state index is 1.17. The van der Waals surface area contributed by atoms with Gasteiger partial charge in [-0.05, 0) is 70.6 Å². The number of hydrogen-bond donors (Lipinski definition) is 0. The summed E-state index contributed by atoms with van der Waals surface area (Å²) in [5, 5.41) is 2.54. The van der Waals surface area contributed by atoms with Gasteiger partial charge in [-0.1, -0.05) is 121 Å². The van der Waals surface area contributed by atoms with E-state index < -0.39 is 0 Å². The van der Waals surface area contributed by atoms with E-state index in [0.717, 1.165) is 0 Å². The van der Waals surface area contributed by atoms with Gasteiger partial charge in [0.15, 0.2) is 0 Å². The molecule has 0 N–H and O–H groups in total. The van der Waals surface area contributed by atoms with Crippen molar-refractivity contribution in [1.29, 1.82) is 0 Å². The van der Waals surface area contributed by atoms with Crippen LogP contribution in [0.1, 0.15) is 5.56 Å². The molecule has 0 spiro atoms. The van der Waals surface area contributed by atoms with Crippen molar-refractivity contribution in [2.75, 3.05) is 0 Å². The molecule has 0 amide bonds. The molecular weight excluding hydrogens is 458 g/mol. The molecule has 0 bridgehead atoms. The zero-order chi connectivity index (χ0) is 25.5. The van der Waals surface area contributed by atoms with E-state index >= 15 is 0 Å². The summed E-state index contributed by atoms with van der Waals surface area (Å²) in [5.41, 5.74) is 12.3. The molecule has 38 heavy (non-hydrogen) atoms. The molecular formula is C37H27N. The summed E-state index contributed by atoms with van der Waals surface area (Å²) in [7, 11) is 0. The first-order chi connectivity index (χ1) is 18.7. The second kappa shape index (κ2) is 9.21. The summed E-state index contributed by atoms with van der Waals surface area (Å²) in [4.78, 5) is 0. The van der Waals surface area contributed by atoms with E-state index in [1.807, 2.05) is 0 Å². The van der Waals surface area contributed by atoms with E-state index in [1.54, 1.807) is 0 Å². The van der Waals surface area contributed by atoms with Gasteiger partial charge >= 0.3 is 0 Å². The van der Waals surface area contributed by atoms with Gasteiger partial charge in [0.1, 0.15) is 0 Å². The van der Waals surface area contributed by atoms with Gasteiger partial charge in [0.25, 0.3) is 0 Å². The standard InChI is InChI=1S/C37H27N/c1-26-9-7-12-29(23-26)30-13-8-14-31(24-30)32-19-22-35-34-15-5-6-16-36(34)38(37(35)25-32)33-20-17-28(18-21-33)27-10-3-2-4-11-27/h2-25H,1H3. The van der Waals surface area contributed by atoms with E-state index in [4.69, 9.17) is 0 Å². The molecule has 6 aromatic carbocycles. The van der Waals surface area contributed by atoms with Crippen LogP contribution in [-0.4, -0.2) is 4.57 Å². The fraction of sp³-hybridized carbons (Fsp3) is 0.0270. The van der Waals surface area contributed by atoms with Crippen molar-refractivity contribution < 1.29 is 0 Å². The van der Waals surface area contributed by atoms with Crippen molar-refractivity contribution in [2.24, 2.45) is 0 Å². The van der Waals surface area contributed by atoms with Crippen molar-refractivity contribution in [3.8, 4) is 39.1 Å². The Bertz CT molecular complexity index is 1910. The van der Waals surface area contributed by atoms with Crippen molar-refractivity contribution in [3.63, 3.8) is 0 Å². The summed E-state index contributed by atoms with van der Waals surface area (Å²) in [6.45, 7) is 2.15. The lowest BCUT2D eigenvalue weighted by Gasteiger charge is -2.11. The smallest absolute Gasteiger partial charge is 0.0547 e. The molecule has 1 heterocycles. The Balaban J connectivity index is 1.38. The van der Waals surface area contributed by atoms with Crippen LogP contribution in [0, 0.1) is 6.92 Å². The maximum atomic E-state index is 2.40. The third-order valence-corrected chi connectivity index (χ3v) is 7.45. The maximum absolute atomic E-state index is 2.40. The molecule has 0 aliphatic carbocycles. The number of rotatable bonds is 4. The van der Waals surface area contributed by atoms with Crippen LogP contribution in [0.2, 0.25) is 0 Å². The number of aromatic nitrogens is 1. The van der Waals surface area contributed by atoms with E-state index in [0.29, 0.717) is 0 Å². The number of para-hydroxylation sites is 1. The summed E-state index contributed by atoms with van der Waals surface area (Å²) >= 11 is 0. The van der Waals surface area contributed by atoms with Crippen molar-refractivity contribution in [1.82, 2.24) is 4.57 Å². The van der Waals surface area contributed by atoms with Crippen LogP contribution < -0.4 is 0 Å². The average Bonchev–Trinajstić information content (AvgIpc) is 3.31. The molecule has 7 rings (SSSR count). The highest BCUT2D eigenvalue weighted by Gasteiger charge is 2.13. The van der Waals surface area contributed by atoms with E-state index in [1.165, 1.54) is 66.4 Å². The highest BCUT2D eigenvalue weighted by atomic mass is 15.0. The molecule has 7 aromatic rings. The highest BCUT2D eigenvalue weighted by molar-refractivity contribution is 6.10. The second-order valence-electron chi connectivity index (χ2n) is 9.95. The summed E-state index contributed by atoms with van der Waals surface area (Å²) in [5.74, 6) is 0. The van der Waals surface area contributed by atoms with Gasteiger partial charge in [0.2, 0.25) is 0 Å². The molecule has 0 fully saturated rings. The zero-order valence-electron chi connectivity index (χ0n) is 21.3. The first-order valence-corrected chi connectivity index (χ1v) is 13.1. The van der Waals surface area contributed by atoms with Crippen LogP contribution in [0.25, 0.3) is 60.9 Å². The summed E-state index contributed by atoms with van der Waals surface area (Å²) in [6.07, 6.45) is 0. The first-order valence-electron chi connectivity index (χ1n) is 13.1. The maximum Gasteiger partial charge on any atom is 0.0547 e.